The molecule has 0 saturated carbocycles. The van der Waals surface area contributed by atoms with E-state index in [2.05, 4.69) is 0 Å². The van der Waals surface area contributed by atoms with Gasteiger partial charge in [-0.1, -0.05) is 12.1 Å². The van der Waals surface area contributed by atoms with Crippen LogP contribution in [0.1, 0.15) is 39.7 Å². The first-order valence-corrected chi connectivity index (χ1v) is 9.55. The molecule has 0 unspecified atom stereocenters. The standard InChI is InChI=1S/C20H17F3N2OS/c21-20(22,23)15-9-7-13(8-10-15)19(26)25-11-3-4-14(12-25)18-24-16-5-1-2-6-17(16)27-18/h1-2,5-10,14H,3-4,11-12H2/t14-/m0/s1. The topological polar surface area (TPSA) is 33.2 Å². The van der Waals surface area contributed by atoms with E-state index < -0.39 is 11.7 Å². The zero-order valence-corrected chi connectivity index (χ0v) is 15.2. The highest BCUT2D eigenvalue weighted by Crippen LogP contribution is 2.34. The van der Waals surface area contributed by atoms with E-state index in [4.69, 9.17) is 4.98 Å². The Labute approximate surface area is 158 Å². The molecule has 4 rings (SSSR count). The fourth-order valence-electron chi connectivity index (χ4n) is 3.41. The molecule has 0 radical (unpaired) electrons. The molecule has 2 heterocycles. The number of carbonyl (C=O) groups excluding carboxylic acids is 1. The summed E-state index contributed by atoms with van der Waals surface area (Å²) >= 11 is 1.64. The molecule has 1 aliphatic heterocycles. The second-order valence-electron chi connectivity index (χ2n) is 6.69. The number of alkyl halides is 3. The van der Waals surface area contributed by atoms with E-state index >= 15 is 0 Å². The summed E-state index contributed by atoms with van der Waals surface area (Å²) in [4.78, 5) is 19.2. The first kappa shape index (κ1) is 18.0. The number of fused-ring (bicyclic) bond motifs is 1. The van der Waals surface area contributed by atoms with E-state index in [1.165, 1.54) is 12.1 Å². The Hall–Kier alpha value is -2.41. The van der Waals surface area contributed by atoms with Crippen molar-refractivity contribution in [2.45, 2.75) is 24.9 Å². The van der Waals surface area contributed by atoms with Crippen LogP contribution in [0, 0.1) is 0 Å². The molecule has 1 saturated heterocycles. The lowest BCUT2D eigenvalue weighted by Crippen LogP contribution is -2.39. The number of benzene rings is 2. The highest BCUT2D eigenvalue weighted by Gasteiger charge is 2.31. The van der Waals surface area contributed by atoms with E-state index in [0.29, 0.717) is 13.1 Å². The number of amides is 1. The fourth-order valence-corrected chi connectivity index (χ4v) is 4.51. The molecule has 140 valence electrons. The molecule has 1 amide bonds. The van der Waals surface area contributed by atoms with Gasteiger partial charge in [-0.25, -0.2) is 4.98 Å². The number of hydrogen-bond acceptors (Lipinski definition) is 3. The lowest BCUT2D eigenvalue weighted by Gasteiger charge is -2.32. The molecule has 0 spiro atoms. The van der Waals surface area contributed by atoms with Gasteiger partial charge in [-0.05, 0) is 49.2 Å². The summed E-state index contributed by atoms with van der Waals surface area (Å²) < 4.78 is 39.2. The monoisotopic (exact) mass is 390 g/mol. The molecule has 2 aromatic carbocycles. The van der Waals surface area contributed by atoms with Crippen LogP contribution in [0.4, 0.5) is 13.2 Å². The highest BCUT2D eigenvalue weighted by molar-refractivity contribution is 7.18. The Balaban J connectivity index is 1.51. The van der Waals surface area contributed by atoms with Crippen molar-refractivity contribution < 1.29 is 18.0 Å². The van der Waals surface area contributed by atoms with Gasteiger partial charge in [0.1, 0.15) is 0 Å². The molecular weight excluding hydrogens is 373 g/mol. The smallest absolute Gasteiger partial charge is 0.338 e. The van der Waals surface area contributed by atoms with Gasteiger partial charge in [-0.2, -0.15) is 13.2 Å². The summed E-state index contributed by atoms with van der Waals surface area (Å²) in [6.45, 7) is 1.15. The van der Waals surface area contributed by atoms with E-state index in [1.54, 1.807) is 16.2 Å². The van der Waals surface area contributed by atoms with E-state index in [0.717, 1.165) is 40.2 Å². The van der Waals surface area contributed by atoms with Crippen LogP contribution < -0.4 is 0 Å². The van der Waals surface area contributed by atoms with Crippen molar-refractivity contribution >= 4 is 27.5 Å². The van der Waals surface area contributed by atoms with Crippen molar-refractivity contribution in [3.63, 3.8) is 0 Å². The Morgan fingerprint density at radius 1 is 1.11 bits per heavy atom. The maximum Gasteiger partial charge on any atom is 0.416 e. The summed E-state index contributed by atoms with van der Waals surface area (Å²) in [5, 5.41) is 1.01. The molecule has 0 aliphatic carbocycles. The minimum atomic E-state index is -4.40. The number of thiazole rings is 1. The van der Waals surface area contributed by atoms with Gasteiger partial charge in [-0.3, -0.25) is 4.79 Å². The number of carbonyl (C=O) groups is 1. The quantitative estimate of drug-likeness (QED) is 0.592. The second kappa shape index (κ2) is 6.96. The lowest BCUT2D eigenvalue weighted by molar-refractivity contribution is -0.137. The van der Waals surface area contributed by atoms with Crippen LogP contribution in [-0.4, -0.2) is 28.9 Å². The third-order valence-electron chi connectivity index (χ3n) is 4.83. The molecular formula is C20H17F3N2OS. The molecule has 1 atom stereocenters. The molecule has 27 heavy (non-hydrogen) atoms. The Morgan fingerprint density at radius 3 is 2.56 bits per heavy atom. The second-order valence-corrected chi connectivity index (χ2v) is 7.75. The van der Waals surface area contributed by atoms with Crippen molar-refractivity contribution in [1.29, 1.82) is 0 Å². The van der Waals surface area contributed by atoms with Gasteiger partial charge in [0, 0.05) is 24.6 Å². The molecule has 1 aliphatic rings. The summed E-state index contributed by atoms with van der Waals surface area (Å²) in [6, 6.07) is 12.4. The van der Waals surface area contributed by atoms with E-state index in [1.807, 2.05) is 24.3 Å². The van der Waals surface area contributed by atoms with Gasteiger partial charge in [0.2, 0.25) is 0 Å². The average Bonchev–Trinajstić information content (AvgIpc) is 3.11. The van der Waals surface area contributed by atoms with Crippen molar-refractivity contribution in [3.05, 3.63) is 64.7 Å². The zero-order valence-electron chi connectivity index (χ0n) is 14.4. The number of aromatic nitrogens is 1. The van der Waals surface area contributed by atoms with Crippen LogP contribution in [0.15, 0.2) is 48.5 Å². The lowest BCUT2D eigenvalue weighted by atomic mass is 9.98. The van der Waals surface area contributed by atoms with Crippen molar-refractivity contribution in [2.24, 2.45) is 0 Å². The van der Waals surface area contributed by atoms with E-state index in [-0.39, 0.29) is 17.4 Å². The highest BCUT2D eigenvalue weighted by atomic mass is 32.1. The number of piperidine rings is 1. The minimum Gasteiger partial charge on any atom is -0.338 e. The molecule has 0 bridgehead atoms. The summed E-state index contributed by atoms with van der Waals surface area (Å²) in [5.41, 5.74) is 0.502. The number of para-hydroxylation sites is 1. The molecule has 1 fully saturated rings. The third-order valence-corrected chi connectivity index (χ3v) is 6.03. The molecule has 3 nitrogen and oxygen atoms in total. The molecule has 7 heteroatoms. The van der Waals surface area contributed by atoms with Crippen molar-refractivity contribution in [1.82, 2.24) is 9.88 Å². The Bertz CT molecular complexity index is 932. The maximum absolute atomic E-state index is 12.7. The molecule has 0 N–H and O–H groups in total. The maximum atomic E-state index is 12.7. The van der Waals surface area contributed by atoms with Crippen LogP contribution >= 0.6 is 11.3 Å². The van der Waals surface area contributed by atoms with Crippen LogP contribution in [-0.2, 0) is 6.18 Å². The van der Waals surface area contributed by atoms with Crippen LogP contribution in [0.2, 0.25) is 0 Å². The number of hydrogen-bond donors (Lipinski definition) is 0. The SMILES string of the molecule is O=C(c1ccc(C(F)(F)F)cc1)N1CCC[C@H](c2nc3ccccc3s2)C1. The molecule has 3 aromatic rings. The van der Waals surface area contributed by atoms with Crippen LogP contribution in [0.25, 0.3) is 10.2 Å². The average molecular weight is 390 g/mol. The predicted octanol–water partition coefficient (Wildman–Crippen LogP) is 5.33. The largest absolute Gasteiger partial charge is 0.416 e. The van der Waals surface area contributed by atoms with Crippen LogP contribution in [0.5, 0.6) is 0 Å². The van der Waals surface area contributed by atoms with Crippen LogP contribution in [0.3, 0.4) is 0 Å². The summed E-state index contributed by atoms with van der Waals surface area (Å²) in [5.74, 6) is -0.0657. The predicted molar refractivity (Wildman–Crippen MR) is 98.9 cm³/mol. The summed E-state index contributed by atoms with van der Waals surface area (Å²) in [6.07, 6.45) is -2.59. The van der Waals surface area contributed by atoms with Gasteiger partial charge < -0.3 is 4.90 Å². The molecule has 1 aromatic heterocycles. The van der Waals surface area contributed by atoms with Gasteiger partial charge in [0.25, 0.3) is 5.91 Å². The number of nitrogens with zero attached hydrogens (tertiary/aromatic N) is 2. The summed E-state index contributed by atoms with van der Waals surface area (Å²) in [7, 11) is 0. The third kappa shape index (κ3) is 3.69. The van der Waals surface area contributed by atoms with Crippen molar-refractivity contribution in [2.75, 3.05) is 13.1 Å². The first-order chi connectivity index (χ1) is 12.9. The van der Waals surface area contributed by atoms with Gasteiger partial charge in [0.05, 0.1) is 20.8 Å². The van der Waals surface area contributed by atoms with E-state index in [9.17, 15) is 18.0 Å². The zero-order chi connectivity index (χ0) is 19.0. The minimum absolute atomic E-state index is 0.162. The number of rotatable bonds is 2. The normalized spacial score (nSPS) is 18.0. The Kier molecular flexibility index (Phi) is 4.63. The number of halogens is 3. The number of likely N-dealkylation sites (tertiary alicyclic amines) is 1. The fraction of sp³-hybridized carbons (Fsp3) is 0.300. The first-order valence-electron chi connectivity index (χ1n) is 8.74. The van der Waals surface area contributed by atoms with Gasteiger partial charge >= 0.3 is 6.18 Å². The van der Waals surface area contributed by atoms with Gasteiger partial charge in [0.15, 0.2) is 0 Å². The Morgan fingerprint density at radius 2 is 1.85 bits per heavy atom. The van der Waals surface area contributed by atoms with Gasteiger partial charge in [-0.15, -0.1) is 11.3 Å². The van der Waals surface area contributed by atoms with Crippen molar-refractivity contribution in [3.8, 4) is 0 Å².